The molecule has 4 rings (SSSR count). The first-order valence-corrected chi connectivity index (χ1v) is 11.2. The van der Waals surface area contributed by atoms with Gasteiger partial charge in [0.1, 0.15) is 17.6 Å². The molecule has 2 aromatic rings. The van der Waals surface area contributed by atoms with Gasteiger partial charge < -0.3 is 20.3 Å². The number of carbonyl (C=O) groups is 3. The van der Waals surface area contributed by atoms with Gasteiger partial charge in [0, 0.05) is 30.3 Å². The molecule has 2 aromatic carbocycles. The van der Waals surface area contributed by atoms with Crippen LogP contribution in [0.15, 0.2) is 48.5 Å². The minimum atomic E-state index is -0.711. The Labute approximate surface area is 192 Å². The van der Waals surface area contributed by atoms with E-state index in [1.54, 1.807) is 36.3 Å². The Kier molecular flexibility index (Phi) is 6.91. The summed E-state index contributed by atoms with van der Waals surface area (Å²) >= 11 is 0. The van der Waals surface area contributed by atoms with Gasteiger partial charge in [-0.15, -0.1) is 0 Å². The fraction of sp³-hybridized carbons (Fsp3) is 0.400. The predicted molar refractivity (Wildman–Crippen MR) is 120 cm³/mol. The van der Waals surface area contributed by atoms with E-state index in [4.69, 9.17) is 4.74 Å². The van der Waals surface area contributed by atoms with Crippen LogP contribution in [0.25, 0.3) is 0 Å². The van der Waals surface area contributed by atoms with Crippen molar-refractivity contribution >= 4 is 17.7 Å². The molecule has 1 saturated carbocycles. The smallest absolute Gasteiger partial charge is 0.253 e. The summed E-state index contributed by atoms with van der Waals surface area (Å²) in [6.07, 6.45) is 3.06. The molecule has 8 heteroatoms. The molecular formula is C25H28FN3O4. The second-order valence-electron chi connectivity index (χ2n) is 8.60. The van der Waals surface area contributed by atoms with Crippen molar-refractivity contribution < 1.29 is 23.5 Å². The highest BCUT2D eigenvalue weighted by Gasteiger charge is 2.36. The van der Waals surface area contributed by atoms with Crippen LogP contribution >= 0.6 is 0 Å². The highest BCUT2D eigenvalue weighted by Crippen LogP contribution is 2.25. The third kappa shape index (κ3) is 5.69. The lowest BCUT2D eigenvalue weighted by Gasteiger charge is -2.36. The molecule has 174 valence electrons. The monoisotopic (exact) mass is 453 g/mol. The van der Waals surface area contributed by atoms with Crippen molar-refractivity contribution in [3.05, 3.63) is 65.5 Å². The summed E-state index contributed by atoms with van der Waals surface area (Å²) in [6.45, 7) is 0.973. The van der Waals surface area contributed by atoms with Gasteiger partial charge in [-0.1, -0.05) is 6.07 Å². The fourth-order valence-corrected chi connectivity index (χ4v) is 4.12. The summed E-state index contributed by atoms with van der Waals surface area (Å²) in [4.78, 5) is 40.4. The van der Waals surface area contributed by atoms with Gasteiger partial charge in [0.05, 0.1) is 7.11 Å². The van der Waals surface area contributed by atoms with Gasteiger partial charge in [-0.05, 0) is 74.1 Å². The minimum Gasteiger partial charge on any atom is -0.497 e. The Morgan fingerprint density at radius 1 is 1.00 bits per heavy atom. The summed E-state index contributed by atoms with van der Waals surface area (Å²) in [5, 5.41) is 5.83. The van der Waals surface area contributed by atoms with Gasteiger partial charge in [-0.3, -0.25) is 14.4 Å². The number of piperidine rings is 1. The molecule has 1 aliphatic carbocycles. The van der Waals surface area contributed by atoms with Gasteiger partial charge >= 0.3 is 0 Å². The summed E-state index contributed by atoms with van der Waals surface area (Å²) in [6, 6.07) is 11.7. The van der Waals surface area contributed by atoms with E-state index in [0.29, 0.717) is 42.8 Å². The molecule has 33 heavy (non-hydrogen) atoms. The van der Waals surface area contributed by atoms with Crippen molar-refractivity contribution in [2.24, 2.45) is 5.92 Å². The number of methoxy groups -OCH3 is 1. The Balaban J connectivity index is 1.42. The maximum Gasteiger partial charge on any atom is 0.253 e. The number of likely N-dealkylation sites (tertiary alicyclic amines) is 1. The molecular weight excluding hydrogens is 425 g/mol. The van der Waals surface area contributed by atoms with Crippen LogP contribution in [0.5, 0.6) is 5.75 Å². The normalized spacial score (nSPS) is 17.2. The number of amides is 3. The van der Waals surface area contributed by atoms with Crippen LogP contribution in [0, 0.1) is 11.7 Å². The van der Waals surface area contributed by atoms with E-state index < -0.39 is 17.8 Å². The SMILES string of the molecule is COc1cccc(C(=O)N2CCC(C(NC(=O)c3ccc(F)cc3)C(=O)NC3CC3)CC2)c1. The molecule has 1 unspecified atom stereocenters. The number of carbonyl (C=O) groups excluding carboxylic acids is 3. The summed E-state index contributed by atoms with van der Waals surface area (Å²) in [5.74, 6) is -0.616. The van der Waals surface area contributed by atoms with Crippen molar-refractivity contribution in [2.45, 2.75) is 37.8 Å². The van der Waals surface area contributed by atoms with Crippen molar-refractivity contribution in [3.63, 3.8) is 0 Å². The third-order valence-electron chi connectivity index (χ3n) is 6.21. The van der Waals surface area contributed by atoms with Crippen molar-refractivity contribution in [1.29, 1.82) is 0 Å². The summed E-state index contributed by atoms with van der Waals surface area (Å²) in [5.41, 5.74) is 0.853. The lowest BCUT2D eigenvalue weighted by atomic mass is 9.88. The number of ether oxygens (including phenoxy) is 1. The van der Waals surface area contributed by atoms with Crippen LogP contribution in [0.1, 0.15) is 46.4 Å². The number of nitrogens with zero attached hydrogens (tertiary/aromatic N) is 1. The molecule has 1 saturated heterocycles. The average Bonchev–Trinajstić information content (AvgIpc) is 3.66. The quantitative estimate of drug-likeness (QED) is 0.675. The molecule has 0 aromatic heterocycles. The van der Waals surface area contributed by atoms with Crippen LogP contribution in [0.2, 0.25) is 0 Å². The minimum absolute atomic E-state index is 0.0818. The van der Waals surface area contributed by atoms with Crippen molar-refractivity contribution in [2.75, 3.05) is 20.2 Å². The van der Waals surface area contributed by atoms with Gasteiger partial charge in [0.15, 0.2) is 0 Å². The lowest BCUT2D eigenvalue weighted by Crippen LogP contribution is -2.54. The molecule has 1 atom stereocenters. The number of nitrogens with one attached hydrogen (secondary N) is 2. The Morgan fingerprint density at radius 3 is 2.33 bits per heavy atom. The maximum atomic E-state index is 13.2. The van der Waals surface area contributed by atoms with Crippen LogP contribution < -0.4 is 15.4 Å². The van der Waals surface area contributed by atoms with Gasteiger partial charge in [-0.25, -0.2) is 4.39 Å². The summed E-state index contributed by atoms with van der Waals surface area (Å²) in [7, 11) is 1.56. The largest absolute Gasteiger partial charge is 0.497 e. The first-order valence-electron chi connectivity index (χ1n) is 11.2. The van der Waals surface area contributed by atoms with Gasteiger partial charge in [-0.2, -0.15) is 0 Å². The first kappa shape index (κ1) is 22.8. The lowest BCUT2D eigenvalue weighted by molar-refractivity contribution is -0.124. The number of rotatable bonds is 7. The number of halogens is 1. The van der Waals surface area contributed by atoms with E-state index in [1.165, 1.54) is 24.3 Å². The Hall–Kier alpha value is -3.42. The first-order chi connectivity index (χ1) is 15.9. The predicted octanol–water partition coefficient (Wildman–Crippen LogP) is 2.76. The molecule has 1 aliphatic heterocycles. The average molecular weight is 454 g/mol. The van der Waals surface area contributed by atoms with E-state index in [2.05, 4.69) is 10.6 Å². The zero-order valence-corrected chi connectivity index (χ0v) is 18.6. The summed E-state index contributed by atoms with van der Waals surface area (Å²) < 4.78 is 18.4. The molecule has 3 amide bonds. The van der Waals surface area contributed by atoms with Crippen LogP contribution in [0.4, 0.5) is 4.39 Å². The van der Waals surface area contributed by atoms with Crippen LogP contribution in [-0.4, -0.2) is 54.9 Å². The molecule has 2 N–H and O–H groups in total. The molecule has 2 aliphatic rings. The van der Waals surface area contributed by atoms with E-state index in [9.17, 15) is 18.8 Å². The van der Waals surface area contributed by atoms with Crippen LogP contribution in [0.3, 0.4) is 0 Å². The molecule has 7 nitrogen and oxygen atoms in total. The zero-order chi connectivity index (χ0) is 23.4. The standard InChI is InChI=1S/C25H28FN3O4/c1-33-21-4-2-3-18(15-21)25(32)29-13-11-16(12-14-29)22(24(31)27-20-9-10-20)28-23(30)17-5-7-19(26)8-6-17/h2-8,15-16,20,22H,9-14H2,1H3,(H,27,31)(H,28,30). The molecule has 1 heterocycles. The maximum absolute atomic E-state index is 13.2. The van der Waals surface area contributed by atoms with E-state index >= 15 is 0 Å². The van der Waals surface area contributed by atoms with Crippen LogP contribution in [-0.2, 0) is 4.79 Å². The number of hydrogen-bond acceptors (Lipinski definition) is 4. The van der Waals surface area contributed by atoms with Gasteiger partial charge in [0.25, 0.3) is 11.8 Å². The number of benzene rings is 2. The second-order valence-corrected chi connectivity index (χ2v) is 8.60. The van der Waals surface area contributed by atoms with E-state index in [-0.39, 0.29) is 23.8 Å². The molecule has 2 fully saturated rings. The molecule has 0 radical (unpaired) electrons. The van der Waals surface area contributed by atoms with Gasteiger partial charge in [0.2, 0.25) is 5.91 Å². The number of hydrogen-bond donors (Lipinski definition) is 2. The fourth-order valence-electron chi connectivity index (χ4n) is 4.12. The Bertz CT molecular complexity index is 1010. The Morgan fingerprint density at radius 2 is 1.70 bits per heavy atom. The topological polar surface area (TPSA) is 87.7 Å². The second kappa shape index (κ2) is 10.0. The highest BCUT2D eigenvalue weighted by molar-refractivity contribution is 5.98. The van der Waals surface area contributed by atoms with Crippen molar-refractivity contribution in [3.8, 4) is 5.75 Å². The van der Waals surface area contributed by atoms with E-state index in [1.807, 2.05) is 0 Å². The zero-order valence-electron chi connectivity index (χ0n) is 18.6. The molecule has 0 bridgehead atoms. The van der Waals surface area contributed by atoms with E-state index in [0.717, 1.165) is 12.8 Å². The third-order valence-corrected chi connectivity index (χ3v) is 6.21. The molecule has 0 spiro atoms. The highest BCUT2D eigenvalue weighted by atomic mass is 19.1. The van der Waals surface area contributed by atoms with Crippen molar-refractivity contribution in [1.82, 2.24) is 15.5 Å².